The molecule has 2 aromatic carbocycles. The summed E-state index contributed by atoms with van der Waals surface area (Å²) in [4.78, 5) is 14.1. The summed E-state index contributed by atoms with van der Waals surface area (Å²) in [6, 6.07) is 10.3. The van der Waals surface area contributed by atoms with Gasteiger partial charge in [-0.25, -0.2) is 0 Å². The number of halogens is 3. The van der Waals surface area contributed by atoms with Crippen LogP contribution >= 0.6 is 0 Å². The van der Waals surface area contributed by atoms with Gasteiger partial charge in [-0.3, -0.25) is 4.79 Å². The Morgan fingerprint density at radius 3 is 2.44 bits per heavy atom. The Bertz CT molecular complexity index is 800. The molecule has 2 aromatic rings. The van der Waals surface area contributed by atoms with Gasteiger partial charge in [0.15, 0.2) is 0 Å². The molecule has 1 heterocycles. The van der Waals surface area contributed by atoms with Crippen LogP contribution in [0.1, 0.15) is 42.9 Å². The number of rotatable bonds is 5. The van der Waals surface area contributed by atoms with Crippen molar-refractivity contribution in [2.75, 3.05) is 6.54 Å². The number of ether oxygens (including phenoxy) is 1. The van der Waals surface area contributed by atoms with Gasteiger partial charge in [0.05, 0.1) is 5.56 Å². The van der Waals surface area contributed by atoms with E-state index in [2.05, 4.69) is 6.92 Å². The summed E-state index contributed by atoms with van der Waals surface area (Å²) < 4.78 is 43.6. The Kier molecular flexibility index (Phi) is 5.73. The monoisotopic (exact) mass is 377 g/mol. The van der Waals surface area contributed by atoms with Crippen LogP contribution in [0.2, 0.25) is 0 Å². The van der Waals surface area contributed by atoms with Crippen LogP contribution in [0.4, 0.5) is 13.2 Å². The summed E-state index contributed by atoms with van der Waals surface area (Å²) >= 11 is 0. The molecule has 3 rings (SSSR count). The van der Waals surface area contributed by atoms with Crippen molar-refractivity contribution in [3.05, 3.63) is 59.2 Å². The van der Waals surface area contributed by atoms with Gasteiger partial charge in [0.1, 0.15) is 11.5 Å². The number of hydrogen-bond donors (Lipinski definition) is 0. The van der Waals surface area contributed by atoms with Crippen LogP contribution in [-0.2, 0) is 23.9 Å². The molecule has 0 fully saturated rings. The normalized spacial score (nSPS) is 14.0. The fourth-order valence-electron chi connectivity index (χ4n) is 3.14. The van der Waals surface area contributed by atoms with E-state index in [4.69, 9.17) is 4.74 Å². The molecular weight excluding hydrogens is 355 g/mol. The van der Waals surface area contributed by atoms with E-state index in [0.717, 1.165) is 37.0 Å². The minimum Gasteiger partial charge on any atom is -0.457 e. The van der Waals surface area contributed by atoms with Crippen LogP contribution in [0.5, 0.6) is 11.5 Å². The van der Waals surface area contributed by atoms with Crippen molar-refractivity contribution in [2.45, 2.75) is 45.3 Å². The molecule has 0 aliphatic carbocycles. The Morgan fingerprint density at radius 1 is 1.07 bits per heavy atom. The van der Waals surface area contributed by atoms with Gasteiger partial charge in [-0.15, -0.1) is 0 Å². The third-order valence-corrected chi connectivity index (χ3v) is 4.70. The van der Waals surface area contributed by atoms with Gasteiger partial charge in [-0.05, 0) is 60.4 Å². The number of nitrogens with zero attached hydrogens (tertiary/aromatic N) is 1. The topological polar surface area (TPSA) is 29.5 Å². The third kappa shape index (κ3) is 4.81. The first-order valence-electron chi connectivity index (χ1n) is 9.11. The number of carbonyl (C=O) groups is 1. The van der Waals surface area contributed by atoms with Crippen molar-refractivity contribution in [3.63, 3.8) is 0 Å². The first kappa shape index (κ1) is 19.3. The smallest absolute Gasteiger partial charge is 0.416 e. The van der Waals surface area contributed by atoms with Crippen molar-refractivity contribution in [1.82, 2.24) is 4.90 Å². The third-order valence-electron chi connectivity index (χ3n) is 4.70. The molecule has 6 heteroatoms. The summed E-state index contributed by atoms with van der Waals surface area (Å²) in [5.41, 5.74) is 1.49. The predicted octanol–water partition coefficient (Wildman–Crippen LogP) is 5.57. The average Bonchev–Trinajstić information content (AvgIpc) is 2.65. The molecule has 1 aliphatic heterocycles. The molecule has 1 aliphatic rings. The molecule has 0 spiro atoms. The highest BCUT2D eigenvalue weighted by atomic mass is 19.4. The summed E-state index contributed by atoms with van der Waals surface area (Å²) in [6.45, 7) is 3.32. The van der Waals surface area contributed by atoms with Gasteiger partial charge in [-0.2, -0.15) is 13.2 Å². The summed E-state index contributed by atoms with van der Waals surface area (Å²) in [5, 5.41) is 0. The number of amides is 1. The molecule has 0 saturated carbocycles. The molecular formula is C21H22F3NO2. The quantitative estimate of drug-likeness (QED) is 0.681. The summed E-state index contributed by atoms with van der Waals surface area (Å²) in [5.74, 6) is 1.06. The van der Waals surface area contributed by atoms with Crippen LogP contribution in [0.25, 0.3) is 0 Å². The highest BCUT2D eigenvalue weighted by Gasteiger charge is 2.30. The maximum absolute atomic E-state index is 12.6. The van der Waals surface area contributed by atoms with Gasteiger partial charge < -0.3 is 9.64 Å². The van der Waals surface area contributed by atoms with Crippen LogP contribution in [0.3, 0.4) is 0 Å². The van der Waals surface area contributed by atoms with E-state index in [1.54, 1.807) is 0 Å². The zero-order valence-corrected chi connectivity index (χ0v) is 15.2. The molecule has 0 saturated heterocycles. The lowest BCUT2D eigenvalue weighted by Crippen LogP contribution is -2.35. The van der Waals surface area contributed by atoms with E-state index in [9.17, 15) is 18.0 Å². The molecule has 0 bridgehead atoms. The summed E-state index contributed by atoms with van der Waals surface area (Å²) in [6.07, 6.45) is -1.12. The maximum Gasteiger partial charge on any atom is 0.416 e. The Labute approximate surface area is 156 Å². The number of unbranched alkanes of at least 4 members (excludes halogenated alkanes) is 1. The predicted molar refractivity (Wildman–Crippen MR) is 96.6 cm³/mol. The lowest BCUT2D eigenvalue weighted by Gasteiger charge is -2.29. The first-order chi connectivity index (χ1) is 12.9. The van der Waals surface area contributed by atoms with E-state index in [1.807, 2.05) is 23.1 Å². The fraction of sp³-hybridized carbons (Fsp3) is 0.381. The first-order valence-corrected chi connectivity index (χ1v) is 9.11. The molecule has 0 N–H and O–H groups in total. The standard InChI is InChI=1S/C21H22F3NO2/c1-2-3-4-20(26)25-12-11-15-5-8-19(13-16(15)14-25)27-18-9-6-17(7-10-18)21(22,23)24/h5-10,13H,2-4,11-12,14H2,1H3. The largest absolute Gasteiger partial charge is 0.457 e. The molecule has 144 valence electrons. The molecule has 0 unspecified atom stereocenters. The van der Waals surface area contributed by atoms with E-state index in [0.29, 0.717) is 31.0 Å². The van der Waals surface area contributed by atoms with Gasteiger partial charge in [-0.1, -0.05) is 19.4 Å². The Hall–Kier alpha value is -2.50. The number of benzene rings is 2. The van der Waals surface area contributed by atoms with Gasteiger partial charge in [0.2, 0.25) is 5.91 Å². The van der Waals surface area contributed by atoms with E-state index in [-0.39, 0.29) is 5.91 Å². The van der Waals surface area contributed by atoms with Crippen LogP contribution < -0.4 is 4.74 Å². The average molecular weight is 377 g/mol. The SMILES string of the molecule is CCCCC(=O)N1CCc2ccc(Oc3ccc(C(F)(F)F)cc3)cc2C1. The van der Waals surface area contributed by atoms with Crippen molar-refractivity contribution < 1.29 is 22.7 Å². The molecule has 1 amide bonds. The molecule has 3 nitrogen and oxygen atoms in total. The molecule has 0 radical (unpaired) electrons. The molecule has 0 atom stereocenters. The number of fused-ring (bicyclic) bond motifs is 1. The minimum atomic E-state index is -4.36. The molecule has 27 heavy (non-hydrogen) atoms. The lowest BCUT2D eigenvalue weighted by molar-refractivity contribution is -0.137. The van der Waals surface area contributed by atoms with Crippen LogP contribution in [0.15, 0.2) is 42.5 Å². The van der Waals surface area contributed by atoms with E-state index < -0.39 is 11.7 Å². The highest BCUT2D eigenvalue weighted by molar-refractivity contribution is 5.76. The zero-order valence-electron chi connectivity index (χ0n) is 15.2. The second-order valence-corrected chi connectivity index (χ2v) is 6.72. The maximum atomic E-state index is 12.6. The van der Waals surface area contributed by atoms with Gasteiger partial charge >= 0.3 is 6.18 Å². The number of alkyl halides is 3. The van der Waals surface area contributed by atoms with Crippen molar-refractivity contribution in [2.24, 2.45) is 0 Å². The fourth-order valence-corrected chi connectivity index (χ4v) is 3.14. The van der Waals surface area contributed by atoms with Crippen molar-refractivity contribution >= 4 is 5.91 Å². The lowest BCUT2D eigenvalue weighted by atomic mass is 9.99. The zero-order chi connectivity index (χ0) is 19.4. The number of hydrogen-bond acceptors (Lipinski definition) is 2. The molecule has 0 aromatic heterocycles. The second kappa shape index (κ2) is 8.03. The summed E-state index contributed by atoms with van der Waals surface area (Å²) in [7, 11) is 0. The second-order valence-electron chi connectivity index (χ2n) is 6.72. The Morgan fingerprint density at radius 2 is 1.78 bits per heavy atom. The van der Waals surface area contributed by atoms with E-state index >= 15 is 0 Å². The van der Waals surface area contributed by atoms with Crippen molar-refractivity contribution in [3.8, 4) is 11.5 Å². The highest BCUT2D eigenvalue weighted by Crippen LogP contribution is 2.32. The van der Waals surface area contributed by atoms with Crippen molar-refractivity contribution in [1.29, 1.82) is 0 Å². The minimum absolute atomic E-state index is 0.163. The Balaban J connectivity index is 1.70. The van der Waals surface area contributed by atoms with Crippen LogP contribution in [0, 0.1) is 0 Å². The van der Waals surface area contributed by atoms with Gasteiger partial charge in [0.25, 0.3) is 0 Å². The number of carbonyl (C=O) groups excluding carboxylic acids is 1. The van der Waals surface area contributed by atoms with Gasteiger partial charge in [0, 0.05) is 19.5 Å². The van der Waals surface area contributed by atoms with Crippen LogP contribution in [-0.4, -0.2) is 17.4 Å². The van der Waals surface area contributed by atoms with E-state index in [1.165, 1.54) is 17.7 Å².